The Bertz CT molecular complexity index is 4350. The molecule has 0 aromatic heterocycles. The Morgan fingerprint density at radius 3 is 1.17 bits per heavy atom. The van der Waals surface area contributed by atoms with E-state index in [1.165, 1.54) is 65.1 Å². The van der Waals surface area contributed by atoms with Crippen LogP contribution in [0.25, 0.3) is 0 Å². The number of unbranched alkanes of at least 4 members (excludes halogenated alkanes) is 2. The highest BCUT2D eigenvalue weighted by Crippen LogP contribution is 2.24. The fourth-order valence-electron chi connectivity index (χ4n) is 14.6. The van der Waals surface area contributed by atoms with Crippen molar-refractivity contribution < 1.29 is 116 Å². The number of carbonyl (C=O) groups is 21. The maximum atomic E-state index is 14.8. The van der Waals surface area contributed by atoms with Crippen molar-refractivity contribution in [2.75, 3.05) is 38.2 Å². The summed E-state index contributed by atoms with van der Waals surface area (Å²) in [6, 6.07) is -19.2. The topological polar surface area (TPSA) is 743 Å². The van der Waals surface area contributed by atoms with Crippen molar-refractivity contribution >= 4 is 136 Å². The fourth-order valence-corrected chi connectivity index (χ4v) is 15.1. The van der Waals surface area contributed by atoms with Crippen molar-refractivity contribution in [2.24, 2.45) is 52.5 Å². The number of nitrogens with zero attached hydrogens (tertiary/aromatic N) is 1. The molecule has 47 nitrogen and oxygen atoms in total. The number of primary amides is 1. The maximum absolute atomic E-state index is 14.8. The van der Waals surface area contributed by atoms with Crippen molar-refractivity contribution in [3.8, 4) is 0 Å². The van der Waals surface area contributed by atoms with E-state index in [9.17, 15) is 116 Å². The lowest BCUT2D eigenvalue weighted by molar-refractivity contribution is -0.143. The van der Waals surface area contributed by atoms with Crippen molar-refractivity contribution in [3.05, 3.63) is 35.9 Å². The molecule has 1 aliphatic heterocycles. The fraction of sp³-hybridized carbons (Fsp3) is 0.710. The van der Waals surface area contributed by atoms with E-state index in [1.54, 1.807) is 99.6 Å². The second kappa shape index (κ2) is 63.9. The van der Waals surface area contributed by atoms with Gasteiger partial charge in [-0.2, -0.15) is 11.8 Å². The quantitative estimate of drug-likeness (QED) is 0.0272. The predicted molar refractivity (Wildman–Crippen MR) is 524 cm³/mol. The number of nitrogens with one attached hydrogen (secondary N) is 18. The van der Waals surface area contributed by atoms with Crippen LogP contribution < -0.4 is 119 Å². The number of benzene rings is 1. The molecule has 20 amide bonds. The number of aliphatic carboxylic acids is 1. The summed E-state index contributed by atoms with van der Waals surface area (Å²) in [5, 5.41) is 76.1. The molecule has 1 aliphatic rings. The van der Waals surface area contributed by atoms with Crippen LogP contribution in [0.1, 0.15) is 227 Å². The van der Waals surface area contributed by atoms with Gasteiger partial charge in [0.2, 0.25) is 118 Å². The number of hydrogen-bond donors (Lipinski definition) is 25. The van der Waals surface area contributed by atoms with Crippen molar-refractivity contribution in [3.63, 3.8) is 0 Å². The van der Waals surface area contributed by atoms with Crippen LogP contribution in [0.2, 0.25) is 0 Å². The summed E-state index contributed by atoms with van der Waals surface area (Å²) >= 11 is 1.49. The Morgan fingerprint density at radius 2 is 0.723 bits per heavy atom. The molecule has 1 aromatic carbocycles. The van der Waals surface area contributed by atoms with Gasteiger partial charge < -0.3 is 139 Å². The Labute approximate surface area is 829 Å². The molecule has 141 heavy (non-hydrogen) atoms. The van der Waals surface area contributed by atoms with Crippen LogP contribution in [0.5, 0.6) is 0 Å². The molecule has 2 rings (SSSR count). The number of hydrogen-bond acceptors (Lipinski definition) is 27. The molecular formula is C93H159N23O24S. The first-order chi connectivity index (χ1) is 66.2. The molecule has 0 radical (unpaired) electrons. The summed E-state index contributed by atoms with van der Waals surface area (Å²) in [6.07, 6.45) is 3.09. The Morgan fingerprint density at radius 1 is 0.390 bits per heavy atom. The van der Waals surface area contributed by atoms with Gasteiger partial charge in [0.05, 0.1) is 25.2 Å². The summed E-state index contributed by atoms with van der Waals surface area (Å²) < 4.78 is 0. The van der Waals surface area contributed by atoms with E-state index >= 15 is 0 Å². The van der Waals surface area contributed by atoms with Crippen LogP contribution in [-0.4, -0.2) is 310 Å². The summed E-state index contributed by atoms with van der Waals surface area (Å²) in [5.41, 5.74) is 23.4. The molecule has 0 bridgehead atoms. The number of carboxylic acids is 1. The average molecular weight is 2020 g/mol. The molecule has 0 saturated carbocycles. The van der Waals surface area contributed by atoms with Crippen molar-refractivity contribution in [2.45, 2.75) is 354 Å². The Hall–Kier alpha value is -11.8. The van der Waals surface area contributed by atoms with Gasteiger partial charge in [0.25, 0.3) is 0 Å². The third-order valence-corrected chi connectivity index (χ3v) is 24.7. The molecule has 796 valence electrons. The highest BCUT2D eigenvalue weighted by atomic mass is 32.2. The van der Waals surface area contributed by atoms with Crippen molar-refractivity contribution in [1.82, 2.24) is 101 Å². The summed E-state index contributed by atoms with van der Waals surface area (Å²) in [4.78, 5) is 290. The lowest BCUT2D eigenvalue weighted by atomic mass is 9.96. The normalized spacial score (nSPS) is 17.3. The van der Waals surface area contributed by atoms with Gasteiger partial charge in [0.1, 0.15) is 115 Å². The van der Waals surface area contributed by atoms with E-state index in [-0.39, 0.29) is 63.5 Å². The van der Waals surface area contributed by atoms with Gasteiger partial charge in [-0.05, 0) is 186 Å². The molecule has 0 unspecified atom stereocenters. The van der Waals surface area contributed by atoms with E-state index in [4.69, 9.17) is 22.9 Å². The number of thioether (sulfide) groups is 1. The molecule has 0 spiro atoms. The lowest BCUT2D eigenvalue weighted by Gasteiger charge is -2.33. The molecule has 1 heterocycles. The van der Waals surface area contributed by atoms with E-state index in [0.717, 1.165) is 6.92 Å². The lowest BCUT2D eigenvalue weighted by Crippen LogP contribution is -2.62. The van der Waals surface area contributed by atoms with Crippen LogP contribution in [0.15, 0.2) is 30.3 Å². The minimum Gasteiger partial charge on any atom is -0.480 e. The summed E-state index contributed by atoms with van der Waals surface area (Å²) in [6.45, 7) is 26.9. The number of carbonyl (C=O) groups excluding carboxylic acids is 20. The Kier molecular flexibility index (Phi) is 56.8. The first kappa shape index (κ1) is 125. The van der Waals surface area contributed by atoms with Gasteiger partial charge >= 0.3 is 5.97 Å². The van der Waals surface area contributed by atoms with Crippen LogP contribution in [0, 0.1) is 29.6 Å². The van der Waals surface area contributed by atoms with Gasteiger partial charge in [-0.25, -0.2) is 0 Å². The van der Waals surface area contributed by atoms with Crippen LogP contribution in [-0.2, 0) is 107 Å². The number of aliphatic hydroxyl groups is 2. The molecule has 1 aromatic rings. The van der Waals surface area contributed by atoms with Gasteiger partial charge in [0, 0.05) is 13.0 Å². The number of nitrogens with two attached hydrogens (primary N) is 4. The monoisotopic (exact) mass is 2010 g/mol. The van der Waals surface area contributed by atoms with E-state index in [2.05, 4.69) is 95.7 Å². The van der Waals surface area contributed by atoms with Crippen LogP contribution >= 0.6 is 11.8 Å². The average Bonchev–Trinajstić information content (AvgIpc) is 1.70. The SMILES string of the molecule is CC[C@H](C)[C@H](NC(=O)[C@H](C)NC(=O)[C@H](CC(C)C)NC(=O)[C@@H](NC(=O)[C@@H](NC(=O)[C@H](CCCCN)NC(=O)[C@H](CCCCN)NC(=O)[C@@H](N)CCSC)[C@@H](C)O)[C@@H](C)CC)C(=O)N[C@@H](C)C(=O)N[C@H](C(=O)N1CCC[C@H]1C(=O)N[C@@H](C)C(=O)N[C@@H](CC(C)C)C(=O)N[C@@H](Cc1ccccc1)C(=O)N[C@@H](C)C(=O)N[C@@H](CO)C(=O)N[C@@H](C)C(=O)N[C@@H](C)C(=O)N[C@@H](CC(N)=O)C(=O)N[C@@H](C)C(=O)O)[C@@H](C)CC. The standard InChI is InChI=1S/C93H159N23O24S/c1-20-48(8)70(112-78(124)55(15)100-83(129)63(41-46(4)5)110-90(136)71(49(9)21-2)113-91(137)73(58(18)118)115-82(128)62(34-27-29-38-95)106-81(127)61(33-26-28-37-94)105-80(126)60(96)36-40-141-19)89(135)103-56(16)79(125)114-72(50(10)22-3)92(138)116-39-30-35-68(116)88(134)102-54(14)76(122)107-64(42-47(6)7)86(132)109-65(43-59-31-24-23-25-32-59)84(130)99-53(13)77(123)111-67(45-117)87(133)101-51(11)74(120)98-52(12)75(121)108-66(44-69(97)119)85(131)104-57(17)93(139)140/h23-25,31-32,46-58,60-68,70-73,117-118H,20-22,26-30,33-45,94-96H2,1-19H3,(H2,97,119)(H,98,120)(H,99,130)(H,100,129)(H,101,133)(H,102,134)(H,103,135)(H,104,131)(H,105,126)(H,106,127)(H,107,122)(H,108,121)(H,109,132)(H,110,136)(H,111,123)(H,112,124)(H,113,137)(H,114,125)(H,115,128)(H,139,140)/t48-,49-,50-,51-,52-,53-,54-,55-,56-,57-,58+,60-,61-,62-,63-,64-,65-,66-,67-,68-,70-,71-,72-,73-/m0/s1. The Balaban J connectivity index is 2.29. The van der Waals surface area contributed by atoms with Crippen molar-refractivity contribution in [1.29, 1.82) is 0 Å². The first-order valence-electron chi connectivity index (χ1n) is 48.4. The number of likely N-dealkylation sites (tertiary alicyclic amines) is 1. The smallest absolute Gasteiger partial charge is 0.325 e. The third kappa shape index (κ3) is 43.7. The van der Waals surface area contributed by atoms with Gasteiger partial charge in [0.15, 0.2) is 0 Å². The third-order valence-electron chi connectivity index (χ3n) is 24.1. The molecule has 1 fully saturated rings. The molecule has 24 atom stereocenters. The largest absolute Gasteiger partial charge is 0.480 e. The van der Waals surface area contributed by atoms with E-state index in [0.29, 0.717) is 75.6 Å². The number of amides is 20. The van der Waals surface area contributed by atoms with E-state index < -0.39 is 282 Å². The number of rotatable bonds is 65. The molecular weight excluding hydrogens is 1860 g/mol. The van der Waals surface area contributed by atoms with E-state index in [1.807, 2.05) is 6.26 Å². The number of aliphatic hydroxyl groups excluding tert-OH is 2. The van der Waals surface area contributed by atoms with Crippen LogP contribution in [0.3, 0.4) is 0 Å². The molecule has 0 aliphatic carbocycles. The van der Waals surface area contributed by atoms with Gasteiger partial charge in [-0.1, -0.05) is 119 Å². The molecule has 48 heteroatoms. The summed E-state index contributed by atoms with van der Waals surface area (Å²) in [7, 11) is 0. The molecule has 29 N–H and O–H groups in total. The zero-order chi connectivity index (χ0) is 107. The number of carboxylic acid groups (broad SMARTS) is 1. The zero-order valence-corrected chi connectivity index (χ0v) is 85.6. The predicted octanol–water partition coefficient (Wildman–Crippen LogP) is -5.01. The van der Waals surface area contributed by atoms with Gasteiger partial charge in [-0.15, -0.1) is 0 Å². The minimum absolute atomic E-state index is 0.00806. The zero-order valence-electron chi connectivity index (χ0n) is 84.8. The minimum atomic E-state index is -1.74. The highest BCUT2D eigenvalue weighted by Gasteiger charge is 2.44. The van der Waals surface area contributed by atoms with Gasteiger partial charge in [-0.3, -0.25) is 101 Å². The highest BCUT2D eigenvalue weighted by molar-refractivity contribution is 7.98. The summed E-state index contributed by atoms with van der Waals surface area (Å²) in [5.74, 6) is -20.7. The maximum Gasteiger partial charge on any atom is 0.325 e. The first-order valence-corrected chi connectivity index (χ1v) is 49.8. The molecule has 1 saturated heterocycles. The van der Waals surface area contributed by atoms with Crippen LogP contribution in [0.4, 0.5) is 0 Å². The second-order valence-electron chi connectivity index (χ2n) is 37.2. The second-order valence-corrected chi connectivity index (χ2v) is 38.2.